The number of nitrogens with zero attached hydrogens (tertiary/aromatic N) is 2. The number of benzene rings is 2. The van der Waals surface area contributed by atoms with Crippen LogP contribution in [0.1, 0.15) is 36.2 Å². The summed E-state index contributed by atoms with van der Waals surface area (Å²) in [4.78, 5) is 19.3. The summed E-state index contributed by atoms with van der Waals surface area (Å²) in [5.41, 5.74) is 2.02. The van der Waals surface area contributed by atoms with Crippen molar-refractivity contribution < 1.29 is 4.79 Å². The zero-order valence-corrected chi connectivity index (χ0v) is 20.7. The fourth-order valence-electron chi connectivity index (χ4n) is 3.78. The molecular weight excluding hydrogens is 501 g/mol. The molecule has 3 N–H and O–H groups in total. The van der Waals surface area contributed by atoms with E-state index < -0.39 is 0 Å². The lowest BCUT2D eigenvalue weighted by atomic mass is 10.2. The fraction of sp³-hybridized carbons (Fsp3) is 0.417. The van der Waals surface area contributed by atoms with Crippen molar-refractivity contribution in [3.05, 3.63) is 71.8 Å². The number of likely N-dealkylation sites (tertiary alicyclic amines) is 1. The van der Waals surface area contributed by atoms with Gasteiger partial charge in [0.15, 0.2) is 5.96 Å². The van der Waals surface area contributed by atoms with Crippen LogP contribution >= 0.6 is 24.0 Å². The van der Waals surface area contributed by atoms with E-state index in [1.165, 1.54) is 5.56 Å². The quantitative estimate of drug-likeness (QED) is 0.210. The molecule has 168 valence electrons. The van der Waals surface area contributed by atoms with Crippen molar-refractivity contribution in [2.24, 2.45) is 4.99 Å². The molecule has 1 amide bonds. The van der Waals surface area contributed by atoms with Gasteiger partial charge in [-0.15, -0.1) is 24.0 Å². The Morgan fingerprint density at radius 1 is 1.06 bits per heavy atom. The third kappa shape index (κ3) is 8.14. The van der Waals surface area contributed by atoms with E-state index >= 15 is 0 Å². The molecule has 1 fully saturated rings. The predicted octanol–water partition coefficient (Wildman–Crippen LogP) is 3.25. The largest absolute Gasteiger partial charge is 0.357 e. The van der Waals surface area contributed by atoms with E-state index in [1.54, 1.807) is 0 Å². The average Bonchev–Trinajstić information content (AvgIpc) is 3.11. The van der Waals surface area contributed by atoms with Gasteiger partial charge in [-0.05, 0) is 38.0 Å². The SMILES string of the molecule is CCNC(=NCCNC(=O)c1ccccc1)NC1CC(C)N(Cc2ccccc2)C1.I. The second-order valence-electron chi connectivity index (χ2n) is 7.72. The summed E-state index contributed by atoms with van der Waals surface area (Å²) in [5, 5.41) is 9.81. The van der Waals surface area contributed by atoms with Crippen LogP contribution in [0.25, 0.3) is 0 Å². The van der Waals surface area contributed by atoms with Gasteiger partial charge in [-0.3, -0.25) is 14.7 Å². The summed E-state index contributed by atoms with van der Waals surface area (Å²) in [7, 11) is 0. The van der Waals surface area contributed by atoms with Crippen LogP contribution in [0.2, 0.25) is 0 Å². The van der Waals surface area contributed by atoms with E-state index in [9.17, 15) is 4.79 Å². The topological polar surface area (TPSA) is 68.8 Å². The molecular formula is C24H34IN5O. The fourth-order valence-corrected chi connectivity index (χ4v) is 3.78. The first kappa shape index (κ1) is 25.1. The first-order chi connectivity index (χ1) is 14.7. The second kappa shape index (κ2) is 13.3. The number of halogens is 1. The standard InChI is InChI=1S/C24H33N5O.HI/c1-3-25-24(27-15-14-26-23(30)21-12-8-5-9-13-21)28-22-16-19(2)29(18-22)17-20-10-6-4-7-11-20;/h4-13,19,22H,3,14-18H2,1-2H3,(H,26,30)(H2,25,27,28);1H. The Morgan fingerprint density at radius 2 is 1.74 bits per heavy atom. The van der Waals surface area contributed by atoms with Crippen molar-refractivity contribution >= 4 is 35.8 Å². The average molecular weight is 535 g/mol. The molecule has 2 aromatic carbocycles. The van der Waals surface area contributed by atoms with E-state index in [1.807, 2.05) is 30.3 Å². The number of carbonyl (C=O) groups is 1. The molecule has 2 aromatic rings. The van der Waals surface area contributed by atoms with Gasteiger partial charge in [-0.25, -0.2) is 0 Å². The number of carbonyl (C=O) groups excluding carboxylic acids is 1. The van der Waals surface area contributed by atoms with Crippen LogP contribution in [0.4, 0.5) is 0 Å². The maximum absolute atomic E-state index is 12.1. The van der Waals surface area contributed by atoms with Gasteiger partial charge in [0.25, 0.3) is 5.91 Å². The van der Waals surface area contributed by atoms with Crippen LogP contribution in [-0.2, 0) is 6.54 Å². The zero-order chi connectivity index (χ0) is 21.2. The summed E-state index contributed by atoms with van der Waals surface area (Å²) in [6.07, 6.45) is 1.09. The number of amides is 1. The number of hydrogen-bond acceptors (Lipinski definition) is 3. The van der Waals surface area contributed by atoms with E-state index in [-0.39, 0.29) is 29.9 Å². The molecule has 31 heavy (non-hydrogen) atoms. The lowest BCUT2D eigenvalue weighted by molar-refractivity contribution is 0.0955. The molecule has 0 bridgehead atoms. The van der Waals surface area contributed by atoms with Gasteiger partial charge in [0, 0.05) is 43.8 Å². The van der Waals surface area contributed by atoms with E-state index in [2.05, 4.69) is 70.0 Å². The highest BCUT2D eigenvalue weighted by molar-refractivity contribution is 14.0. The lowest BCUT2D eigenvalue weighted by Gasteiger charge is -2.21. The Kier molecular flexibility index (Phi) is 10.8. The van der Waals surface area contributed by atoms with Crippen molar-refractivity contribution in [1.29, 1.82) is 0 Å². The summed E-state index contributed by atoms with van der Waals surface area (Å²) in [6, 6.07) is 20.8. The third-order valence-electron chi connectivity index (χ3n) is 5.32. The highest BCUT2D eigenvalue weighted by atomic mass is 127. The number of aliphatic imine (C=N–C) groups is 1. The highest BCUT2D eigenvalue weighted by Crippen LogP contribution is 2.20. The monoisotopic (exact) mass is 535 g/mol. The van der Waals surface area contributed by atoms with Gasteiger partial charge in [-0.1, -0.05) is 48.5 Å². The van der Waals surface area contributed by atoms with E-state index in [0.717, 1.165) is 32.0 Å². The first-order valence-corrected chi connectivity index (χ1v) is 10.8. The number of rotatable bonds is 8. The molecule has 1 heterocycles. The second-order valence-corrected chi connectivity index (χ2v) is 7.72. The molecule has 2 unspecified atom stereocenters. The van der Waals surface area contributed by atoms with Crippen LogP contribution < -0.4 is 16.0 Å². The normalized spacial score (nSPS) is 18.8. The van der Waals surface area contributed by atoms with Crippen molar-refractivity contribution in [2.45, 2.75) is 38.9 Å². The predicted molar refractivity (Wildman–Crippen MR) is 138 cm³/mol. The van der Waals surface area contributed by atoms with Crippen LogP contribution in [-0.4, -0.2) is 55.0 Å². The summed E-state index contributed by atoms with van der Waals surface area (Å²) >= 11 is 0. The molecule has 0 aliphatic carbocycles. The maximum atomic E-state index is 12.1. The summed E-state index contributed by atoms with van der Waals surface area (Å²) < 4.78 is 0. The minimum absolute atomic E-state index is 0. The van der Waals surface area contributed by atoms with Gasteiger partial charge in [0.2, 0.25) is 0 Å². The van der Waals surface area contributed by atoms with Gasteiger partial charge < -0.3 is 16.0 Å². The highest BCUT2D eigenvalue weighted by Gasteiger charge is 2.29. The molecule has 0 saturated carbocycles. The molecule has 2 atom stereocenters. The van der Waals surface area contributed by atoms with E-state index in [4.69, 9.17) is 0 Å². The molecule has 1 saturated heterocycles. The van der Waals surface area contributed by atoms with Gasteiger partial charge in [0.1, 0.15) is 0 Å². The number of nitrogens with one attached hydrogen (secondary N) is 3. The Bertz CT molecular complexity index is 815. The van der Waals surface area contributed by atoms with Crippen LogP contribution in [0.5, 0.6) is 0 Å². The molecule has 6 nitrogen and oxygen atoms in total. The smallest absolute Gasteiger partial charge is 0.251 e. The Balaban J connectivity index is 0.00000341. The molecule has 0 radical (unpaired) electrons. The van der Waals surface area contributed by atoms with Gasteiger partial charge in [-0.2, -0.15) is 0 Å². The zero-order valence-electron chi connectivity index (χ0n) is 18.4. The van der Waals surface area contributed by atoms with Crippen LogP contribution in [0.15, 0.2) is 65.7 Å². The molecule has 3 rings (SSSR count). The molecule has 1 aliphatic rings. The van der Waals surface area contributed by atoms with Crippen molar-refractivity contribution in [2.75, 3.05) is 26.2 Å². The molecule has 7 heteroatoms. The molecule has 1 aliphatic heterocycles. The third-order valence-corrected chi connectivity index (χ3v) is 5.32. The summed E-state index contributed by atoms with van der Waals surface area (Å²) in [5.74, 6) is 0.746. The number of hydrogen-bond donors (Lipinski definition) is 3. The lowest BCUT2D eigenvalue weighted by Crippen LogP contribution is -2.45. The van der Waals surface area contributed by atoms with Crippen molar-refractivity contribution in [3.63, 3.8) is 0 Å². The van der Waals surface area contributed by atoms with Gasteiger partial charge in [0.05, 0.1) is 6.54 Å². The van der Waals surface area contributed by atoms with Crippen LogP contribution in [0, 0.1) is 0 Å². The Morgan fingerprint density at radius 3 is 2.42 bits per heavy atom. The minimum Gasteiger partial charge on any atom is -0.357 e. The van der Waals surface area contributed by atoms with E-state index in [0.29, 0.717) is 30.7 Å². The summed E-state index contributed by atoms with van der Waals surface area (Å²) in [6.45, 7) is 8.15. The van der Waals surface area contributed by atoms with Crippen LogP contribution in [0.3, 0.4) is 0 Å². The Labute approximate surface area is 202 Å². The van der Waals surface area contributed by atoms with Gasteiger partial charge >= 0.3 is 0 Å². The molecule has 0 spiro atoms. The first-order valence-electron chi connectivity index (χ1n) is 10.8. The van der Waals surface area contributed by atoms with Crippen molar-refractivity contribution in [3.8, 4) is 0 Å². The minimum atomic E-state index is -0.0649. The number of guanidine groups is 1. The molecule has 0 aromatic heterocycles. The van der Waals surface area contributed by atoms with Crippen molar-refractivity contribution in [1.82, 2.24) is 20.9 Å². The maximum Gasteiger partial charge on any atom is 0.251 e. The Hall–Kier alpha value is -2.13.